The van der Waals surface area contributed by atoms with Gasteiger partial charge in [0.05, 0.1) is 12.6 Å². The van der Waals surface area contributed by atoms with Crippen molar-refractivity contribution >= 4 is 11.8 Å². The van der Waals surface area contributed by atoms with Crippen LogP contribution in [0.25, 0.3) is 0 Å². The first-order valence-electron chi connectivity index (χ1n) is 7.06. The van der Waals surface area contributed by atoms with Crippen molar-refractivity contribution in [3.63, 3.8) is 0 Å². The van der Waals surface area contributed by atoms with Gasteiger partial charge in [-0.2, -0.15) is 0 Å². The molecule has 20 heavy (non-hydrogen) atoms. The summed E-state index contributed by atoms with van der Waals surface area (Å²) in [5, 5.41) is 8.71. The number of piperazine rings is 1. The lowest BCUT2D eigenvalue weighted by molar-refractivity contribution is -0.127. The Bertz CT molecular complexity index is 451. The third-order valence-corrected chi connectivity index (χ3v) is 3.42. The van der Waals surface area contributed by atoms with E-state index in [1.807, 2.05) is 30.3 Å². The predicted octanol–water partition coefficient (Wildman–Crippen LogP) is 0.732. The van der Waals surface area contributed by atoms with E-state index in [1.54, 1.807) is 0 Å². The summed E-state index contributed by atoms with van der Waals surface area (Å²) in [6, 6.07) is 9.63. The molecule has 1 aromatic carbocycles. The summed E-state index contributed by atoms with van der Waals surface area (Å²) in [7, 11) is 0. The summed E-state index contributed by atoms with van der Waals surface area (Å²) in [5.41, 5.74) is 1.11. The lowest BCUT2D eigenvalue weighted by Gasteiger charge is -2.26. The highest BCUT2D eigenvalue weighted by Crippen LogP contribution is 2.18. The summed E-state index contributed by atoms with van der Waals surface area (Å²) in [4.78, 5) is 23.3. The molecule has 5 heteroatoms. The van der Waals surface area contributed by atoms with Crippen molar-refractivity contribution in [2.24, 2.45) is 0 Å². The van der Waals surface area contributed by atoms with E-state index in [0.717, 1.165) is 18.4 Å². The number of nitrogens with one attached hydrogen (secondary N) is 3. The number of benzene rings is 1. The monoisotopic (exact) mass is 275 g/mol. The van der Waals surface area contributed by atoms with E-state index in [0.29, 0.717) is 6.54 Å². The van der Waals surface area contributed by atoms with Gasteiger partial charge in [0.15, 0.2) is 0 Å². The van der Waals surface area contributed by atoms with Gasteiger partial charge in [-0.3, -0.25) is 14.9 Å². The van der Waals surface area contributed by atoms with Crippen LogP contribution in [0.4, 0.5) is 0 Å². The molecule has 0 spiro atoms. The number of carbonyl (C=O) groups excluding carboxylic acids is 2. The standard InChI is InChI=1S/C15H21N3O2/c1-2-6-12(11-7-4-3-5-8-11)18-15(20)13-9-17-14(19)10-16-13/h3-5,7-8,12-13,16H,2,6,9-10H2,1H3,(H,17,19)(H,18,20). The van der Waals surface area contributed by atoms with Gasteiger partial charge in [-0.25, -0.2) is 0 Å². The molecule has 0 aliphatic carbocycles. The Kier molecular flexibility index (Phi) is 5.12. The van der Waals surface area contributed by atoms with E-state index in [1.165, 1.54) is 0 Å². The van der Waals surface area contributed by atoms with Gasteiger partial charge >= 0.3 is 0 Å². The van der Waals surface area contributed by atoms with Gasteiger partial charge < -0.3 is 10.6 Å². The molecule has 2 rings (SSSR count). The molecule has 2 atom stereocenters. The number of hydrogen-bond donors (Lipinski definition) is 3. The Balaban J connectivity index is 1.97. The molecular formula is C15H21N3O2. The van der Waals surface area contributed by atoms with Crippen LogP contribution in [0.5, 0.6) is 0 Å². The van der Waals surface area contributed by atoms with E-state index < -0.39 is 0 Å². The van der Waals surface area contributed by atoms with Crippen LogP contribution in [0.1, 0.15) is 31.4 Å². The third kappa shape index (κ3) is 3.81. The summed E-state index contributed by atoms with van der Waals surface area (Å²) in [6.45, 7) is 2.64. The second kappa shape index (κ2) is 7.05. The van der Waals surface area contributed by atoms with Crippen LogP contribution in [0.15, 0.2) is 30.3 Å². The van der Waals surface area contributed by atoms with Crippen molar-refractivity contribution in [3.8, 4) is 0 Å². The largest absolute Gasteiger partial charge is 0.353 e. The average Bonchev–Trinajstić information content (AvgIpc) is 2.48. The summed E-state index contributed by atoms with van der Waals surface area (Å²) in [5.74, 6) is -0.130. The molecule has 5 nitrogen and oxygen atoms in total. The normalized spacial score (nSPS) is 20.1. The van der Waals surface area contributed by atoms with E-state index in [-0.39, 0.29) is 30.4 Å². The minimum Gasteiger partial charge on any atom is -0.353 e. The number of amides is 2. The Morgan fingerprint density at radius 2 is 2.15 bits per heavy atom. The van der Waals surface area contributed by atoms with E-state index in [2.05, 4.69) is 22.9 Å². The second-order valence-electron chi connectivity index (χ2n) is 5.00. The first kappa shape index (κ1) is 14.5. The highest BCUT2D eigenvalue weighted by Gasteiger charge is 2.25. The summed E-state index contributed by atoms with van der Waals surface area (Å²) < 4.78 is 0. The van der Waals surface area contributed by atoms with Gasteiger partial charge in [-0.15, -0.1) is 0 Å². The number of rotatable bonds is 5. The Hall–Kier alpha value is -1.88. The van der Waals surface area contributed by atoms with Crippen molar-refractivity contribution in [3.05, 3.63) is 35.9 Å². The molecule has 0 saturated carbocycles. The average molecular weight is 275 g/mol. The first-order valence-corrected chi connectivity index (χ1v) is 7.06. The summed E-state index contributed by atoms with van der Waals surface area (Å²) >= 11 is 0. The number of carbonyl (C=O) groups is 2. The Morgan fingerprint density at radius 3 is 2.75 bits per heavy atom. The van der Waals surface area contributed by atoms with Crippen LogP contribution in [0, 0.1) is 0 Å². The minimum absolute atomic E-state index is 0.0214. The smallest absolute Gasteiger partial charge is 0.239 e. The molecule has 1 aliphatic rings. The molecule has 2 unspecified atom stereocenters. The lowest BCUT2D eigenvalue weighted by atomic mass is 10.0. The van der Waals surface area contributed by atoms with E-state index in [9.17, 15) is 9.59 Å². The molecule has 1 saturated heterocycles. The Morgan fingerprint density at radius 1 is 1.40 bits per heavy atom. The van der Waals surface area contributed by atoms with Crippen molar-refractivity contribution in [2.45, 2.75) is 31.8 Å². The minimum atomic E-state index is -0.351. The van der Waals surface area contributed by atoms with Crippen molar-refractivity contribution in [1.29, 1.82) is 0 Å². The summed E-state index contributed by atoms with van der Waals surface area (Å²) in [6.07, 6.45) is 1.89. The lowest BCUT2D eigenvalue weighted by Crippen LogP contribution is -2.58. The molecular weight excluding hydrogens is 254 g/mol. The quantitative estimate of drug-likeness (QED) is 0.742. The van der Waals surface area contributed by atoms with Crippen LogP contribution >= 0.6 is 0 Å². The zero-order valence-electron chi connectivity index (χ0n) is 11.7. The third-order valence-electron chi connectivity index (χ3n) is 3.42. The molecule has 3 N–H and O–H groups in total. The van der Waals surface area contributed by atoms with Crippen LogP contribution < -0.4 is 16.0 Å². The maximum Gasteiger partial charge on any atom is 0.239 e. The van der Waals surface area contributed by atoms with Crippen molar-refractivity contribution < 1.29 is 9.59 Å². The molecule has 0 aromatic heterocycles. The second-order valence-corrected chi connectivity index (χ2v) is 5.00. The van der Waals surface area contributed by atoms with Gasteiger partial charge in [-0.05, 0) is 12.0 Å². The van der Waals surface area contributed by atoms with Gasteiger partial charge in [-0.1, -0.05) is 43.7 Å². The number of hydrogen-bond acceptors (Lipinski definition) is 3. The van der Waals surface area contributed by atoms with Gasteiger partial charge in [0, 0.05) is 6.54 Å². The fourth-order valence-electron chi connectivity index (χ4n) is 2.32. The fourth-order valence-corrected chi connectivity index (χ4v) is 2.32. The molecule has 1 aliphatic heterocycles. The van der Waals surface area contributed by atoms with Crippen LogP contribution in [0.3, 0.4) is 0 Å². The van der Waals surface area contributed by atoms with Gasteiger partial charge in [0.1, 0.15) is 6.04 Å². The Labute approximate surface area is 119 Å². The fraction of sp³-hybridized carbons (Fsp3) is 0.467. The van der Waals surface area contributed by atoms with Crippen molar-refractivity contribution in [2.75, 3.05) is 13.1 Å². The molecule has 1 aromatic rings. The zero-order chi connectivity index (χ0) is 14.4. The molecule has 2 amide bonds. The van der Waals surface area contributed by atoms with E-state index >= 15 is 0 Å². The maximum atomic E-state index is 12.2. The highest BCUT2D eigenvalue weighted by atomic mass is 16.2. The molecule has 108 valence electrons. The molecule has 1 fully saturated rings. The zero-order valence-corrected chi connectivity index (χ0v) is 11.7. The van der Waals surface area contributed by atoms with E-state index in [4.69, 9.17) is 0 Å². The highest BCUT2D eigenvalue weighted by molar-refractivity contribution is 5.86. The maximum absolute atomic E-state index is 12.2. The first-order chi connectivity index (χ1) is 9.70. The van der Waals surface area contributed by atoms with Crippen molar-refractivity contribution in [1.82, 2.24) is 16.0 Å². The van der Waals surface area contributed by atoms with Crippen LogP contribution in [-0.4, -0.2) is 30.9 Å². The van der Waals surface area contributed by atoms with Gasteiger partial charge in [0.2, 0.25) is 11.8 Å². The van der Waals surface area contributed by atoms with Crippen LogP contribution in [-0.2, 0) is 9.59 Å². The molecule has 0 bridgehead atoms. The topological polar surface area (TPSA) is 70.2 Å². The predicted molar refractivity (Wildman–Crippen MR) is 77.0 cm³/mol. The molecule has 0 radical (unpaired) electrons. The van der Waals surface area contributed by atoms with Gasteiger partial charge in [0.25, 0.3) is 0 Å². The SMILES string of the molecule is CCCC(NC(=O)C1CNC(=O)CN1)c1ccccc1. The molecule has 1 heterocycles. The van der Waals surface area contributed by atoms with Crippen LogP contribution in [0.2, 0.25) is 0 Å².